The molecule has 0 saturated carbocycles. The van der Waals surface area contributed by atoms with Gasteiger partial charge in [-0.25, -0.2) is 0 Å². The molecule has 0 aliphatic heterocycles. The smallest absolute Gasteiger partial charge is 0.169 e. The minimum absolute atomic E-state index is 0.0133. The third-order valence-corrected chi connectivity index (χ3v) is 2.96. The van der Waals surface area contributed by atoms with Crippen molar-refractivity contribution in [2.24, 2.45) is 5.73 Å². The van der Waals surface area contributed by atoms with Crippen molar-refractivity contribution in [2.75, 3.05) is 6.61 Å². The van der Waals surface area contributed by atoms with Crippen molar-refractivity contribution in [3.63, 3.8) is 0 Å². The highest BCUT2D eigenvalue weighted by molar-refractivity contribution is 5.97. The number of nitrogen functional groups attached to an aromatic ring is 1. The molecular formula is C17H20N2O2. The number of hydrogen-bond acceptors (Lipinski definition) is 3. The first-order valence-electron chi connectivity index (χ1n) is 6.96. The Labute approximate surface area is 125 Å². The first kappa shape index (κ1) is 14.9. The van der Waals surface area contributed by atoms with Gasteiger partial charge in [0.1, 0.15) is 11.6 Å². The molecule has 0 saturated heterocycles. The zero-order chi connectivity index (χ0) is 15.2. The first-order chi connectivity index (χ1) is 10.1. The van der Waals surface area contributed by atoms with Crippen LogP contribution in [0, 0.1) is 12.3 Å². The Balaban J connectivity index is 2.32. The van der Waals surface area contributed by atoms with E-state index in [1.54, 1.807) is 0 Å². The highest BCUT2D eigenvalue weighted by Gasteiger charge is 2.11. The molecule has 0 radical (unpaired) electrons. The van der Waals surface area contributed by atoms with E-state index in [0.717, 1.165) is 12.0 Å². The number of para-hydroxylation sites is 2. The van der Waals surface area contributed by atoms with E-state index in [2.05, 4.69) is 6.92 Å². The number of hydrogen-bond donors (Lipinski definition) is 2. The van der Waals surface area contributed by atoms with Crippen LogP contribution in [0.4, 0.5) is 0 Å². The van der Waals surface area contributed by atoms with Crippen LogP contribution in [0.3, 0.4) is 0 Å². The molecular weight excluding hydrogens is 264 g/mol. The summed E-state index contributed by atoms with van der Waals surface area (Å²) < 4.78 is 11.6. The van der Waals surface area contributed by atoms with Crippen molar-refractivity contribution >= 4 is 5.84 Å². The molecule has 0 fully saturated rings. The van der Waals surface area contributed by atoms with Gasteiger partial charge in [0, 0.05) is 0 Å². The average Bonchev–Trinajstić information content (AvgIpc) is 2.48. The summed E-state index contributed by atoms with van der Waals surface area (Å²) >= 11 is 0. The Morgan fingerprint density at radius 1 is 1.10 bits per heavy atom. The minimum atomic E-state index is -0.0133. The van der Waals surface area contributed by atoms with E-state index in [1.165, 1.54) is 0 Å². The molecule has 2 aromatic rings. The molecule has 0 aliphatic rings. The molecule has 0 unspecified atom stereocenters. The summed E-state index contributed by atoms with van der Waals surface area (Å²) in [5.41, 5.74) is 7.24. The fourth-order valence-corrected chi connectivity index (χ4v) is 1.93. The van der Waals surface area contributed by atoms with Gasteiger partial charge in [0.15, 0.2) is 11.5 Å². The summed E-state index contributed by atoms with van der Waals surface area (Å²) in [6.07, 6.45) is 0.928. The lowest BCUT2D eigenvalue weighted by Gasteiger charge is -2.14. The number of amidine groups is 1. The van der Waals surface area contributed by atoms with E-state index in [1.807, 2.05) is 49.4 Å². The van der Waals surface area contributed by atoms with E-state index >= 15 is 0 Å². The number of nitrogens with two attached hydrogens (primary N) is 1. The van der Waals surface area contributed by atoms with Gasteiger partial charge in [-0.3, -0.25) is 5.41 Å². The summed E-state index contributed by atoms with van der Waals surface area (Å²) in [6.45, 7) is 4.64. The van der Waals surface area contributed by atoms with Gasteiger partial charge in [0.2, 0.25) is 0 Å². The van der Waals surface area contributed by atoms with E-state index in [9.17, 15) is 0 Å². The Bertz CT molecular complexity index is 638. The molecule has 3 N–H and O–H groups in total. The highest BCUT2D eigenvalue weighted by Crippen LogP contribution is 2.33. The van der Waals surface area contributed by atoms with E-state index < -0.39 is 0 Å². The number of nitrogens with one attached hydrogen (secondary N) is 1. The molecule has 110 valence electrons. The predicted molar refractivity (Wildman–Crippen MR) is 84.5 cm³/mol. The summed E-state index contributed by atoms with van der Waals surface area (Å²) in [6, 6.07) is 13.1. The maximum atomic E-state index is 7.67. The van der Waals surface area contributed by atoms with Gasteiger partial charge in [-0.1, -0.05) is 30.7 Å². The molecule has 0 aromatic heterocycles. The number of aryl methyl sites for hydroxylation is 1. The monoisotopic (exact) mass is 284 g/mol. The molecule has 21 heavy (non-hydrogen) atoms. The lowest BCUT2D eigenvalue weighted by molar-refractivity contribution is 0.302. The van der Waals surface area contributed by atoms with Crippen LogP contribution in [0.2, 0.25) is 0 Å². The standard InChI is InChI=1S/C17H20N2O2/c1-3-10-20-15-6-4-5-7-16(15)21-14-9-8-12(2)11-13(14)17(18)19/h4-9,11H,3,10H2,1-2H3,(H3,18,19). The molecule has 0 aliphatic carbocycles. The van der Waals surface area contributed by atoms with Crippen LogP contribution in [0.25, 0.3) is 0 Å². The quantitative estimate of drug-likeness (QED) is 0.625. The van der Waals surface area contributed by atoms with E-state index in [-0.39, 0.29) is 5.84 Å². The Morgan fingerprint density at radius 2 is 1.81 bits per heavy atom. The van der Waals surface area contributed by atoms with Gasteiger partial charge < -0.3 is 15.2 Å². The van der Waals surface area contributed by atoms with Crippen LogP contribution in [-0.2, 0) is 0 Å². The molecule has 0 bridgehead atoms. The lowest BCUT2D eigenvalue weighted by Crippen LogP contribution is -2.12. The Hall–Kier alpha value is -2.49. The zero-order valence-electron chi connectivity index (χ0n) is 12.3. The summed E-state index contributed by atoms with van der Waals surface area (Å²) in [5, 5.41) is 7.67. The van der Waals surface area contributed by atoms with Crippen molar-refractivity contribution in [3.8, 4) is 17.2 Å². The minimum Gasteiger partial charge on any atom is -0.490 e. The number of benzene rings is 2. The lowest BCUT2D eigenvalue weighted by atomic mass is 10.1. The van der Waals surface area contributed by atoms with Crippen molar-refractivity contribution in [3.05, 3.63) is 53.6 Å². The van der Waals surface area contributed by atoms with Crippen molar-refractivity contribution in [2.45, 2.75) is 20.3 Å². The average molecular weight is 284 g/mol. The largest absolute Gasteiger partial charge is 0.490 e. The summed E-state index contributed by atoms with van der Waals surface area (Å²) in [7, 11) is 0. The van der Waals surface area contributed by atoms with Gasteiger partial charge >= 0.3 is 0 Å². The van der Waals surface area contributed by atoms with Crippen LogP contribution in [-0.4, -0.2) is 12.4 Å². The number of ether oxygens (including phenoxy) is 2. The summed E-state index contributed by atoms with van der Waals surface area (Å²) in [5.74, 6) is 1.85. The van der Waals surface area contributed by atoms with Crippen molar-refractivity contribution < 1.29 is 9.47 Å². The van der Waals surface area contributed by atoms with Gasteiger partial charge in [0.05, 0.1) is 12.2 Å². The molecule has 2 rings (SSSR count). The SMILES string of the molecule is CCCOc1ccccc1Oc1ccc(C)cc1C(=N)N. The first-order valence-corrected chi connectivity index (χ1v) is 6.96. The zero-order valence-corrected chi connectivity index (χ0v) is 12.3. The second kappa shape index (κ2) is 6.79. The fourth-order valence-electron chi connectivity index (χ4n) is 1.93. The van der Waals surface area contributed by atoms with Crippen molar-refractivity contribution in [1.29, 1.82) is 5.41 Å². The van der Waals surface area contributed by atoms with Crippen LogP contribution in [0.1, 0.15) is 24.5 Å². The molecule has 2 aromatic carbocycles. The predicted octanol–water partition coefficient (Wildman–Crippen LogP) is 3.86. The van der Waals surface area contributed by atoms with Crippen LogP contribution in [0.5, 0.6) is 17.2 Å². The Kier molecular flexibility index (Phi) is 4.82. The van der Waals surface area contributed by atoms with Crippen LogP contribution < -0.4 is 15.2 Å². The van der Waals surface area contributed by atoms with Gasteiger partial charge in [-0.05, 0) is 37.6 Å². The fraction of sp³-hybridized carbons (Fsp3) is 0.235. The van der Waals surface area contributed by atoms with Gasteiger partial charge in [-0.2, -0.15) is 0 Å². The highest BCUT2D eigenvalue weighted by atomic mass is 16.5. The molecule has 4 heteroatoms. The normalized spacial score (nSPS) is 10.2. The molecule has 0 atom stereocenters. The van der Waals surface area contributed by atoms with E-state index in [0.29, 0.717) is 29.4 Å². The molecule has 0 heterocycles. The molecule has 0 spiro atoms. The van der Waals surface area contributed by atoms with Gasteiger partial charge in [-0.15, -0.1) is 0 Å². The number of rotatable bonds is 6. The second-order valence-electron chi connectivity index (χ2n) is 4.81. The topological polar surface area (TPSA) is 68.3 Å². The van der Waals surface area contributed by atoms with Crippen LogP contribution in [0.15, 0.2) is 42.5 Å². The van der Waals surface area contributed by atoms with E-state index in [4.69, 9.17) is 20.6 Å². The Morgan fingerprint density at radius 3 is 2.48 bits per heavy atom. The summed E-state index contributed by atoms with van der Waals surface area (Å²) in [4.78, 5) is 0. The second-order valence-corrected chi connectivity index (χ2v) is 4.81. The van der Waals surface area contributed by atoms with Crippen LogP contribution >= 0.6 is 0 Å². The molecule has 4 nitrogen and oxygen atoms in total. The molecule has 0 amide bonds. The third kappa shape index (κ3) is 3.75. The maximum absolute atomic E-state index is 7.67. The van der Waals surface area contributed by atoms with Crippen molar-refractivity contribution in [1.82, 2.24) is 0 Å². The maximum Gasteiger partial charge on any atom is 0.169 e. The third-order valence-electron chi connectivity index (χ3n) is 2.96. The van der Waals surface area contributed by atoms with Gasteiger partial charge in [0.25, 0.3) is 0 Å².